The Kier molecular flexibility index (Phi) is 2.55. The van der Waals surface area contributed by atoms with Gasteiger partial charge in [-0.15, -0.1) is 0 Å². The predicted octanol–water partition coefficient (Wildman–Crippen LogP) is 2.29. The summed E-state index contributed by atoms with van der Waals surface area (Å²) in [6.45, 7) is 6.83. The first-order valence-electron chi connectivity index (χ1n) is 5.54. The molecule has 1 fully saturated rings. The molecule has 1 aliphatic rings. The van der Waals surface area contributed by atoms with Crippen LogP contribution < -0.4 is 10.6 Å². The minimum Gasteiger partial charge on any atom is -0.382 e. The summed E-state index contributed by atoms with van der Waals surface area (Å²) in [6.07, 6.45) is 4.19. The Bertz CT molecular complexity index is 336. The Morgan fingerprint density at radius 3 is 2.60 bits per heavy atom. The maximum Gasteiger partial charge on any atom is 0.146 e. The van der Waals surface area contributed by atoms with Gasteiger partial charge < -0.3 is 10.6 Å². The second-order valence-corrected chi connectivity index (χ2v) is 5.06. The highest BCUT2D eigenvalue weighted by Crippen LogP contribution is 2.33. The number of anilines is 2. The first kappa shape index (κ1) is 10.3. The maximum absolute atomic E-state index is 5.87. The van der Waals surface area contributed by atoms with Gasteiger partial charge in [0.15, 0.2) is 0 Å². The van der Waals surface area contributed by atoms with Gasteiger partial charge in [0.25, 0.3) is 0 Å². The Labute approximate surface area is 91.3 Å². The molecule has 1 aromatic rings. The van der Waals surface area contributed by atoms with Crippen LogP contribution in [-0.4, -0.2) is 18.1 Å². The number of nitrogen functional groups attached to an aromatic ring is 1. The van der Waals surface area contributed by atoms with E-state index in [-0.39, 0.29) is 0 Å². The van der Waals surface area contributed by atoms with Crippen LogP contribution >= 0.6 is 0 Å². The normalized spacial score (nSPS) is 20.3. The van der Waals surface area contributed by atoms with Crippen LogP contribution in [0.1, 0.15) is 26.7 Å². The Morgan fingerprint density at radius 2 is 2.00 bits per heavy atom. The van der Waals surface area contributed by atoms with Crippen LogP contribution in [0.5, 0.6) is 0 Å². The fourth-order valence-electron chi connectivity index (χ4n) is 2.03. The second kappa shape index (κ2) is 3.72. The van der Waals surface area contributed by atoms with E-state index in [1.54, 1.807) is 6.20 Å². The van der Waals surface area contributed by atoms with E-state index in [1.165, 1.54) is 12.8 Å². The van der Waals surface area contributed by atoms with Crippen molar-refractivity contribution >= 4 is 11.5 Å². The molecule has 82 valence electrons. The van der Waals surface area contributed by atoms with Crippen LogP contribution in [0.2, 0.25) is 0 Å². The van der Waals surface area contributed by atoms with E-state index in [9.17, 15) is 0 Å². The number of pyridine rings is 1. The van der Waals surface area contributed by atoms with E-state index in [2.05, 4.69) is 29.8 Å². The number of hydrogen-bond acceptors (Lipinski definition) is 3. The summed E-state index contributed by atoms with van der Waals surface area (Å²) in [7, 11) is 0. The number of piperidine rings is 1. The molecule has 15 heavy (non-hydrogen) atoms. The fraction of sp³-hybridized carbons (Fsp3) is 0.583. The summed E-state index contributed by atoms with van der Waals surface area (Å²) in [5.74, 6) is 0.650. The largest absolute Gasteiger partial charge is 0.382 e. The van der Waals surface area contributed by atoms with Crippen LogP contribution in [0, 0.1) is 5.41 Å². The molecule has 0 saturated carbocycles. The van der Waals surface area contributed by atoms with Gasteiger partial charge in [-0.05, 0) is 30.4 Å². The van der Waals surface area contributed by atoms with Crippen molar-refractivity contribution in [3.8, 4) is 0 Å². The lowest BCUT2D eigenvalue weighted by atomic mass is 9.82. The topological polar surface area (TPSA) is 42.2 Å². The van der Waals surface area contributed by atoms with E-state index in [4.69, 9.17) is 5.73 Å². The summed E-state index contributed by atoms with van der Waals surface area (Å²) in [5.41, 5.74) is 7.44. The molecule has 0 spiro atoms. The minimum absolute atomic E-state index is 0.480. The summed E-state index contributed by atoms with van der Waals surface area (Å²) < 4.78 is 0. The molecule has 1 aliphatic heterocycles. The molecule has 0 atom stereocenters. The molecule has 3 nitrogen and oxygen atoms in total. The molecule has 1 saturated heterocycles. The molecular formula is C12H19N3. The number of aromatic nitrogens is 1. The standard InChI is InChI=1S/C12H19N3/c1-12(2)5-8-15(9-6-12)10-4-3-7-14-11(10)13/h3-4,7H,5-6,8-9H2,1-2H3,(H2,13,14). The lowest BCUT2D eigenvalue weighted by Crippen LogP contribution is -2.37. The van der Waals surface area contributed by atoms with Crippen molar-refractivity contribution in [2.24, 2.45) is 5.41 Å². The average molecular weight is 205 g/mol. The fourth-order valence-corrected chi connectivity index (χ4v) is 2.03. The van der Waals surface area contributed by atoms with E-state index in [0.29, 0.717) is 11.2 Å². The molecule has 0 bridgehead atoms. The Morgan fingerprint density at radius 1 is 1.33 bits per heavy atom. The summed E-state index contributed by atoms with van der Waals surface area (Å²) in [6, 6.07) is 4.01. The highest BCUT2D eigenvalue weighted by atomic mass is 15.2. The Hall–Kier alpha value is -1.25. The van der Waals surface area contributed by atoms with E-state index in [1.807, 2.05) is 6.07 Å². The Balaban J connectivity index is 2.11. The van der Waals surface area contributed by atoms with Gasteiger partial charge in [-0.2, -0.15) is 0 Å². The lowest BCUT2D eigenvalue weighted by Gasteiger charge is -2.38. The van der Waals surface area contributed by atoms with Crippen LogP contribution in [-0.2, 0) is 0 Å². The molecule has 0 unspecified atom stereocenters. The number of hydrogen-bond donors (Lipinski definition) is 1. The second-order valence-electron chi connectivity index (χ2n) is 5.06. The zero-order valence-electron chi connectivity index (χ0n) is 9.53. The van der Waals surface area contributed by atoms with Gasteiger partial charge in [0.2, 0.25) is 0 Å². The smallest absolute Gasteiger partial charge is 0.146 e. The van der Waals surface area contributed by atoms with Crippen molar-refractivity contribution in [3.63, 3.8) is 0 Å². The van der Waals surface area contributed by atoms with Crippen LogP contribution in [0.15, 0.2) is 18.3 Å². The zero-order chi connectivity index (χ0) is 10.9. The molecule has 2 heterocycles. The lowest BCUT2D eigenvalue weighted by molar-refractivity contribution is 0.280. The van der Waals surface area contributed by atoms with Crippen LogP contribution in [0.4, 0.5) is 11.5 Å². The van der Waals surface area contributed by atoms with Gasteiger partial charge in [0.05, 0.1) is 5.69 Å². The molecule has 0 aliphatic carbocycles. The van der Waals surface area contributed by atoms with Crippen molar-refractivity contribution in [2.45, 2.75) is 26.7 Å². The highest BCUT2D eigenvalue weighted by Gasteiger charge is 2.26. The van der Waals surface area contributed by atoms with Gasteiger partial charge in [-0.25, -0.2) is 4.98 Å². The van der Waals surface area contributed by atoms with Crippen molar-refractivity contribution < 1.29 is 0 Å². The number of nitrogens with zero attached hydrogens (tertiary/aromatic N) is 2. The first-order chi connectivity index (χ1) is 7.08. The van der Waals surface area contributed by atoms with Crippen molar-refractivity contribution in [1.29, 1.82) is 0 Å². The number of nitrogens with two attached hydrogens (primary N) is 1. The first-order valence-corrected chi connectivity index (χ1v) is 5.54. The number of rotatable bonds is 1. The van der Waals surface area contributed by atoms with Gasteiger partial charge in [0, 0.05) is 19.3 Å². The molecular weight excluding hydrogens is 186 g/mol. The minimum atomic E-state index is 0.480. The summed E-state index contributed by atoms with van der Waals surface area (Å²) >= 11 is 0. The molecule has 2 rings (SSSR count). The molecule has 1 aromatic heterocycles. The average Bonchev–Trinajstić information content (AvgIpc) is 2.19. The van der Waals surface area contributed by atoms with Gasteiger partial charge in [-0.1, -0.05) is 13.8 Å². The van der Waals surface area contributed by atoms with Gasteiger partial charge in [0.1, 0.15) is 5.82 Å². The SMILES string of the molecule is CC1(C)CCN(c2cccnc2N)CC1. The summed E-state index contributed by atoms with van der Waals surface area (Å²) in [4.78, 5) is 6.47. The summed E-state index contributed by atoms with van der Waals surface area (Å²) in [5, 5.41) is 0. The third-order valence-corrected chi connectivity index (χ3v) is 3.27. The quantitative estimate of drug-likeness (QED) is 0.765. The molecule has 0 amide bonds. The van der Waals surface area contributed by atoms with E-state index < -0.39 is 0 Å². The van der Waals surface area contributed by atoms with Gasteiger partial charge in [-0.3, -0.25) is 0 Å². The zero-order valence-corrected chi connectivity index (χ0v) is 9.53. The molecule has 0 radical (unpaired) electrons. The third-order valence-electron chi connectivity index (χ3n) is 3.27. The van der Waals surface area contributed by atoms with Crippen molar-refractivity contribution in [2.75, 3.05) is 23.7 Å². The maximum atomic E-state index is 5.87. The molecule has 0 aromatic carbocycles. The van der Waals surface area contributed by atoms with E-state index in [0.717, 1.165) is 18.8 Å². The van der Waals surface area contributed by atoms with Crippen molar-refractivity contribution in [1.82, 2.24) is 4.98 Å². The highest BCUT2D eigenvalue weighted by molar-refractivity contribution is 5.63. The third kappa shape index (κ3) is 2.22. The van der Waals surface area contributed by atoms with Crippen molar-refractivity contribution in [3.05, 3.63) is 18.3 Å². The van der Waals surface area contributed by atoms with Crippen LogP contribution in [0.25, 0.3) is 0 Å². The predicted molar refractivity (Wildman–Crippen MR) is 63.9 cm³/mol. The van der Waals surface area contributed by atoms with E-state index >= 15 is 0 Å². The molecule has 3 heteroatoms. The molecule has 2 N–H and O–H groups in total. The van der Waals surface area contributed by atoms with Crippen LogP contribution in [0.3, 0.4) is 0 Å². The monoisotopic (exact) mass is 205 g/mol. The van der Waals surface area contributed by atoms with Gasteiger partial charge >= 0.3 is 0 Å².